The molecule has 0 amide bonds. The average Bonchev–Trinajstić information content (AvgIpc) is 3.14. The Kier molecular flexibility index (Phi) is 9.51. The SMILES string of the molecule is C=CCC[C@@H]1OC(C)(C)O[C@H]1/C=C/C[C@H](C)OC(=O)c1c(O)cc(OCc2ccccc2)cc1C=C. The number of esters is 1. The summed E-state index contributed by atoms with van der Waals surface area (Å²) in [5, 5.41) is 10.6. The molecule has 192 valence electrons. The maximum atomic E-state index is 12.9. The first-order valence-electron chi connectivity index (χ1n) is 12.2. The lowest BCUT2D eigenvalue weighted by Crippen LogP contribution is -2.21. The first-order chi connectivity index (χ1) is 17.2. The van der Waals surface area contributed by atoms with Gasteiger partial charge in [-0.05, 0) is 50.8 Å². The van der Waals surface area contributed by atoms with E-state index in [4.69, 9.17) is 18.9 Å². The van der Waals surface area contributed by atoms with Gasteiger partial charge in [0.15, 0.2) is 5.79 Å². The summed E-state index contributed by atoms with van der Waals surface area (Å²) in [6.45, 7) is 13.5. The van der Waals surface area contributed by atoms with Crippen LogP contribution in [0.15, 0.2) is 73.9 Å². The maximum Gasteiger partial charge on any atom is 0.342 e. The molecule has 1 fully saturated rings. The van der Waals surface area contributed by atoms with Crippen molar-refractivity contribution in [3.8, 4) is 11.5 Å². The Balaban J connectivity index is 1.59. The third-order valence-corrected chi connectivity index (χ3v) is 5.77. The van der Waals surface area contributed by atoms with Crippen LogP contribution in [0.2, 0.25) is 0 Å². The highest BCUT2D eigenvalue weighted by Crippen LogP contribution is 2.32. The van der Waals surface area contributed by atoms with E-state index in [-0.39, 0.29) is 23.5 Å². The molecule has 1 aliphatic rings. The second-order valence-corrected chi connectivity index (χ2v) is 9.27. The van der Waals surface area contributed by atoms with Crippen molar-refractivity contribution in [3.63, 3.8) is 0 Å². The van der Waals surface area contributed by atoms with Gasteiger partial charge in [-0.2, -0.15) is 0 Å². The minimum atomic E-state index is -0.644. The second kappa shape index (κ2) is 12.6. The molecule has 0 saturated carbocycles. The summed E-state index contributed by atoms with van der Waals surface area (Å²) >= 11 is 0. The van der Waals surface area contributed by atoms with E-state index in [0.717, 1.165) is 18.4 Å². The van der Waals surface area contributed by atoms with Gasteiger partial charge in [0.05, 0.1) is 6.10 Å². The van der Waals surface area contributed by atoms with Gasteiger partial charge in [-0.25, -0.2) is 4.79 Å². The number of allylic oxidation sites excluding steroid dienone is 1. The predicted octanol–water partition coefficient (Wildman–Crippen LogP) is 6.59. The van der Waals surface area contributed by atoms with Gasteiger partial charge >= 0.3 is 5.97 Å². The number of hydrogen-bond donors (Lipinski definition) is 1. The van der Waals surface area contributed by atoms with E-state index in [1.165, 1.54) is 12.1 Å². The fourth-order valence-electron chi connectivity index (χ4n) is 4.06. The highest BCUT2D eigenvalue weighted by molar-refractivity contribution is 5.97. The fourth-order valence-corrected chi connectivity index (χ4v) is 4.06. The number of benzene rings is 2. The van der Waals surface area contributed by atoms with Gasteiger partial charge in [0, 0.05) is 12.5 Å². The van der Waals surface area contributed by atoms with Crippen LogP contribution in [0.5, 0.6) is 11.5 Å². The number of carbonyl (C=O) groups excluding carboxylic acids is 1. The molecular weight excluding hydrogens is 456 g/mol. The van der Waals surface area contributed by atoms with Crippen LogP contribution in [-0.2, 0) is 20.8 Å². The second-order valence-electron chi connectivity index (χ2n) is 9.27. The van der Waals surface area contributed by atoms with Crippen LogP contribution in [0.1, 0.15) is 61.5 Å². The number of phenolic OH excluding ortho intramolecular Hbond substituents is 1. The number of aromatic hydroxyl groups is 1. The summed E-state index contributed by atoms with van der Waals surface area (Å²) in [5.41, 5.74) is 1.49. The van der Waals surface area contributed by atoms with Gasteiger partial charge < -0.3 is 24.1 Å². The molecule has 2 aromatic carbocycles. The molecule has 1 saturated heterocycles. The van der Waals surface area contributed by atoms with E-state index in [2.05, 4.69) is 13.2 Å². The van der Waals surface area contributed by atoms with Gasteiger partial charge in [-0.15, -0.1) is 6.58 Å². The molecule has 0 unspecified atom stereocenters. The smallest absolute Gasteiger partial charge is 0.342 e. The molecule has 0 aromatic heterocycles. The van der Waals surface area contributed by atoms with Gasteiger partial charge in [-0.3, -0.25) is 0 Å². The standard InChI is InChI=1S/C30H36O6/c1-6-8-16-26-27(36-30(4,5)35-26)17-12-13-21(3)34-29(32)28-23(7-2)18-24(19-25(28)31)33-20-22-14-10-9-11-15-22/h6-7,9-12,14-15,17-19,21,26-27,31H,1-2,8,13,16,20H2,3-5H3/b17-12+/t21-,26-,27-/m0/s1. The average molecular weight is 493 g/mol. The van der Waals surface area contributed by atoms with Crippen molar-refractivity contribution in [2.75, 3.05) is 0 Å². The van der Waals surface area contributed by atoms with Crippen LogP contribution >= 0.6 is 0 Å². The van der Waals surface area contributed by atoms with Crippen molar-refractivity contribution in [2.45, 2.75) is 70.7 Å². The molecule has 1 N–H and O–H groups in total. The minimum absolute atomic E-state index is 0.0539. The predicted molar refractivity (Wildman–Crippen MR) is 141 cm³/mol. The molecule has 0 spiro atoms. The van der Waals surface area contributed by atoms with Crippen molar-refractivity contribution in [1.29, 1.82) is 0 Å². The zero-order chi connectivity index (χ0) is 26.1. The largest absolute Gasteiger partial charge is 0.507 e. The van der Waals surface area contributed by atoms with Gasteiger partial charge in [0.25, 0.3) is 0 Å². The lowest BCUT2D eigenvalue weighted by Gasteiger charge is -2.16. The summed E-state index contributed by atoms with van der Waals surface area (Å²) in [7, 11) is 0. The Labute approximate surface area is 213 Å². The number of hydrogen-bond acceptors (Lipinski definition) is 6. The third-order valence-electron chi connectivity index (χ3n) is 5.77. The van der Waals surface area contributed by atoms with Crippen molar-refractivity contribution in [1.82, 2.24) is 0 Å². The molecule has 6 nitrogen and oxygen atoms in total. The Hall–Kier alpha value is -3.35. The molecule has 2 aromatic rings. The van der Waals surface area contributed by atoms with E-state index in [1.54, 1.807) is 13.0 Å². The van der Waals surface area contributed by atoms with Gasteiger partial charge in [0.2, 0.25) is 0 Å². The number of phenols is 1. The Morgan fingerprint density at radius 3 is 2.64 bits per heavy atom. The van der Waals surface area contributed by atoms with E-state index in [1.807, 2.05) is 62.4 Å². The number of carbonyl (C=O) groups is 1. The molecule has 0 aliphatic carbocycles. The van der Waals surface area contributed by atoms with Crippen molar-refractivity contribution >= 4 is 12.0 Å². The summed E-state index contributed by atoms with van der Waals surface area (Å²) in [5.74, 6) is -1.05. The normalized spacial score (nSPS) is 19.6. The summed E-state index contributed by atoms with van der Waals surface area (Å²) in [6.07, 6.45) is 8.76. The van der Waals surface area contributed by atoms with E-state index in [9.17, 15) is 9.90 Å². The highest BCUT2D eigenvalue weighted by Gasteiger charge is 2.39. The highest BCUT2D eigenvalue weighted by atomic mass is 16.7. The van der Waals surface area contributed by atoms with Crippen LogP contribution in [0.4, 0.5) is 0 Å². The summed E-state index contributed by atoms with van der Waals surface area (Å²) in [4.78, 5) is 12.9. The molecule has 1 heterocycles. The number of ether oxygens (including phenoxy) is 4. The molecule has 36 heavy (non-hydrogen) atoms. The first kappa shape index (κ1) is 27.2. The Morgan fingerprint density at radius 2 is 1.94 bits per heavy atom. The zero-order valence-corrected chi connectivity index (χ0v) is 21.3. The molecular formula is C30H36O6. The van der Waals surface area contributed by atoms with Crippen LogP contribution in [0, 0.1) is 0 Å². The van der Waals surface area contributed by atoms with Crippen LogP contribution in [-0.4, -0.2) is 35.2 Å². The Bertz CT molecular complexity index is 1070. The zero-order valence-electron chi connectivity index (χ0n) is 21.3. The summed E-state index contributed by atoms with van der Waals surface area (Å²) in [6, 6.07) is 12.8. The van der Waals surface area contributed by atoms with Crippen molar-refractivity contribution < 1.29 is 28.8 Å². The van der Waals surface area contributed by atoms with Gasteiger partial charge in [0.1, 0.15) is 35.9 Å². The quantitative estimate of drug-likeness (QED) is 0.266. The van der Waals surface area contributed by atoms with E-state index < -0.39 is 17.9 Å². The van der Waals surface area contributed by atoms with Crippen molar-refractivity contribution in [2.24, 2.45) is 0 Å². The van der Waals surface area contributed by atoms with Crippen LogP contribution < -0.4 is 4.74 Å². The monoisotopic (exact) mass is 492 g/mol. The molecule has 0 bridgehead atoms. The molecule has 3 atom stereocenters. The van der Waals surface area contributed by atoms with Crippen LogP contribution in [0.3, 0.4) is 0 Å². The first-order valence-corrected chi connectivity index (χ1v) is 12.2. The van der Waals surface area contributed by atoms with Gasteiger partial charge in [-0.1, -0.05) is 61.2 Å². The topological polar surface area (TPSA) is 74.2 Å². The minimum Gasteiger partial charge on any atom is -0.507 e. The molecule has 6 heteroatoms. The van der Waals surface area contributed by atoms with Crippen LogP contribution in [0.25, 0.3) is 6.08 Å². The van der Waals surface area contributed by atoms with Crippen molar-refractivity contribution in [3.05, 3.63) is 90.5 Å². The third kappa shape index (κ3) is 7.57. The lowest BCUT2D eigenvalue weighted by atomic mass is 10.1. The lowest BCUT2D eigenvalue weighted by molar-refractivity contribution is -0.143. The Morgan fingerprint density at radius 1 is 1.19 bits per heavy atom. The summed E-state index contributed by atoms with van der Waals surface area (Å²) < 4.78 is 23.4. The van der Waals surface area contributed by atoms with E-state index >= 15 is 0 Å². The number of rotatable bonds is 12. The molecule has 1 aliphatic heterocycles. The van der Waals surface area contributed by atoms with E-state index in [0.29, 0.717) is 24.3 Å². The molecule has 0 radical (unpaired) electrons. The fraction of sp³-hybridized carbons (Fsp3) is 0.367. The maximum absolute atomic E-state index is 12.9. The molecule has 3 rings (SSSR count).